The lowest BCUT2D eigenvalue weighted by molar-refractivity contribution is 0.0689. The van der Waals surface area contributed by atoms with Crippen LogP contribution in [0.3, 0.4) is 0 Å². The maximum Gasteiger partial charge on any atom is 0.336 e. The van der Waals surface area contributed by atoms with Gasteiger partial charge in [0.15, 0.2) is 5.78 Å². The van der Waals surface area contributed by atoms with Crippen molar-refractivity contribution in [1.29, 1.82) is 0 Å². The lowest BCUT2D eigenvalue weighted by Gasteiger charge is -2.12. The second kappa shape index (κ2) is 5.81. The van der Waals surface area contributed by atoms with Crippen molar-refractivity contribution in [2.75, 3.05) is 0 Å². The predicted octanol–water partition coefficient (Wildman–Crippen LogP) is 2.93. The quantitative estimate of drug-likeness (QED) is 0.847. The number of carbonyl (C=O) groups is 3. The van der Waals surface area contributed by atoms with Crippen LogP contribution in [0.15, 0.2) is 36.4 Å². The summed E-state index contributed by atoms with van der Waals surface area (Å²) < 4.78 is 0. The summed E-state index contributed by atoms with van der Waals surface area (Å²) in [5, 5.41) is 18.5. The van der Waals surface area contributed by atoms with Crippen LogP contribution >= 0.6 is 0 Å². The maximum atomic E-state index is 12.7. The summed E-state index contributed by atoms with van der Waals surface area (Å²) in [4.78, 5) is 35.4. The van der Waals surface area contributed by atoms with Gasteiger partial charge < -0.3 is 10.2 Å². The third-order valence-corrected chi connectivity index (χ3v) is 3.60. The minimum atomic E-state index is -1.34. The van der Waals surface area contributed by atoms with Crippen molar-refractivity contribution in [1.82, 2.24) is 0 Å². The van der Waals surface area contributed by atoms with Gasteiger partial charge in [0.1, 0.15) is 0 Å². The van der Waals surface area contributed by atoms with E-state index in [4.69, 9.17) is 0 Å². The van der Waals surface area contributed by atoms with Crippen LogP contribution in [0.5, 0.6) is 0 Å². The molecule has 0 saturated heterocycles. The summed E-state index contributed by atoms with van der Waals surface area (Å²) in [6, 6.07) is 8.84. The number of hydrogen-bond donors (Lipinski definition) is 2. The van der Waals surface area contributed by atoms with E-state index >= 15 is 0 Å². The van der Waals surface area contributed by atoms with Gasteiger partial charge in [0, 0.05) is 5.56 Å². The van der Waals surface area contributed by atoms with E-state index < -0.39 is 17.7 Å². The first-order valence-electron chi connectivity index (χ1n) is 6.55. The predicted molar refractivity (Wildman–Crippen MR) is 79.7 cm³/mol. The van der Waals surface area contributed by atoms with Crippen LogP contribution in [-0.2, 0) is 0 Å². The Kier molecular flexibility index (Phi) is 4.08. The molecule has 2 aromatic carbocycles. The number of carboxylic acid groups (broad SMARTS) is 2. The molecule has 5 nitrogen and oxygen atoms in total. The Morgan fingerprint density at radius 2 is 1.23 bits per heavy atom. The van der Waals surface area contributed by atoms with Gasteiger partial charge in [-0.15, -0.1) is 0 Å². The Bertz CT molecular complexity index is 757. The molecule has 0 fully saturated rings. The number of hydrogen-bond acceptors (Lipinski definition) is 3. The molecule has 2 rings (SSSR count). The third kappa shape index (κ3) is 2.61. The first-order chi connectivity index (χ1) is 10.3. The molecule has 2 N–H and O–H groups in total. The average molecular weight is 298 g/mol. The standard InChI is InChI=1S/C17H14O5/c1-9-5-3-6-11(10(9)2)15(18)14-12(16(19)20)7-4-8-13(14)17(21)22/h3-8H,1-2H3,(H,19,20)(H,21,22). The second-order valence-electron chi connectivity index (χ2n) is 4.92. The van der Waals surface area contributed by atoms with Crippen LogP contribution in [0.4, 0.5) is 0 Å². The molecular weight excluding hydrogens is 284 g/mol. The third-order valence-electron chi connectivity index (χ3n) is 3.60. The van der Waals surface area contributed by atoms with Crippen molar-refractivity contribution in [3.8, 4) is 0 Å². The van der Waals surface area contributed by atoms with E-state index in [-0.39, 0.29) is 16.7 Å². The zero-order valence-electron chi connectivity index (χ0n) is 12.1. The van der Waals surface area contributed by atoms with Crippen molar-refractivity contribution in [2.24, 2.45) is 0 Å². The van der Waals surface area contributed by atoms with E-state index in [0.29, 0.717) is 11.1 Å². The molecule has 0 atom stereocenters. The number of ketones is 1. The molecule has 0 heterocycles. The van der Waals surface area contributed by atoms with Crippen molar-refractivity contribution >= 4 is 17.7 Å². The fourth-order valence-corrected chi connectivity index (χ4v) is 2.29. The van der Waals surface area contributed by atoms with Gasteiger partial charge in [-0.1, -0.05) is 24.3 Å². The Morgan fingerprint density at radius 1 is 0.773 bits per heavy atom. The molecule has 0 saturated carbocycles. The molecule has 0 radical (unpaired) electrons. The van der Waals surface area contributed by atoms with E-state index in [2.05, 4.69) is 0 Å². The lowest BCUT2D eigenvalue weighted by atomic mass is 9.90. The Hall–Kier alpha value is -2.95. The molecular formula is C17H14O5. The van der Waals surface area contributed by atoms with Crippen LogP contribution in [-0.4, -0.2) is 27.9 Å². The van der Waals surface area contributed by atoms with Gasteiger partial charge in [-0.2, -0.15) is 0 Å². The Balaban J connectivity index is 2.75. The average Bonchev–Trinajstić information content (AvgIpc) is 2.48. The van der Waals surface area contributed by atoms with Crippen LogP contribution in [0.25, 0.3) is 0 Å². The molecule has 22 heavy (non-hydrogen) atoms. The topological polar surface area (TPSA) is 91.7 Å². The van der Waals surface area contributed by atoms with Gasteiger partial charge in [-0.3, -0.25) is 4.79 Å². The van der Waals surface area contributed by atoms with Gasteiger partial charge in [0.2, 0.25) is 0 Å². The number of carboxylic acids is 2. The van der Waals surface area contributed by atoms with E-state index in [9.17, 15) is 24.6 Å². The van der Waals surface area contributed by atoms with Crippen molar-refractivity contribution in [3.05, 3.63) is 69.8 Å². The largest absolute Gasteiger partial charge is 0.478 e. The van der Waals surface area contributed by atoms with Gasteiger partial charge in [-0.05, 0) is 37.1 Å². The molecule has 0 unspecified atom stereocenters. The molecule has 0 spiro atoms. The van der Waals surface area contributed by atoms with E-state index in [1.165, 1.54) is 18.2 Å². The SMILES string of the molecule is Cc1cccc(C(=O)c2c(C(=O)O)cccc2C(=O)O)c1C. The molecule has 0 amide bonds. The molecule has 5 heteroatoms. The van der Waals surface area contributed by atoms with Crippen molar-refractivity contribution < 1.29 is 24.6 Å². The summed E-state index contributed by atoms with van der Waals surface area (Å²) in [6.07, 6.45) is 0. The van der Waals surface area contributed by atoms with E-state index in [0.717, 1.165) is 5.56 Å². The molecule has 112 valence electrons. The Labute approximate surface area is 126 Å². The highest BCUT2D eigenvalue weighted by molar-refractivity contribution is 6.19. The molecule has 0 bridgehead atoms. The zero-order valence-corrected chi connectivity index (χ0v) is 12.1. The molecule has 2 aromatic rings. The number of aryl methyl sites for hydroxylation is 1. The summed E-state index contributed by atoms with van der Waals surface area (Å²) in [7, 11) is 0. The number of rotatable bonds is 4. The van der Waals surface area contributed by atoms with Gasteiger partial charge in [-0.25, -0.2) is 9.59 Å². The molecule has 0 aliphatic heterocycles. The van der Waals surface area contributed by atoms with Crippen LogP contribution in [0.1, 0.15) is 47.8 Å². The van der Waals surface area contributed by atoms with Gasteiger partial charge in [0.05, 0.1) is 16.7 Å². The Morgan fingerprint density at radius 3 is 1.73 bits per heavy atom. The zero-order chi connectivity index (χ0) is 16.4. The van der Waals surface area contributed by atoms with Crippen molar-refractivity contribution in [3.63, 3.8) is 0 Å². The first-order valence-corrected chi connectivity index (χ1v) is 6.55. The molecule has 0 aliphatic carbocycles. The minimum Gasteiger partial charge on any atom is -0.478 e. The summed E-state index contributed by atoms with van der Waals surface area (Å²) >= 11 is 0. The van der Waals surface area contributed by atoms with Crippen LogP contribution in [0.2, 0.25) is 0 Å². The monoisotopic (exact) mass is 298 g/mol. The summed E-state index contributed by atoms with van der Waals surface area (Å²) in [6.45, 7) is 3.57. The van der Waals surface area contributed by atoms with Crippen molar-refractivity contribution in [2.45, 2.75) is 13.8 Å². The highest BCUT2D eigenvalue weighted by Gasteiger charge is 2.25. The van der Waals surface area contributed by atoms with Gasteiger partial charge >= 0.3 is 11.9 Å². The fourth-order valence-electron chi connectivity index (χ4n) is 2.29. The lowest BCUT2D eigenvalue weighted by Crippen LogP contribution is -2.16. The first kappa shape index (κ1) is 15.4. The molecule has 0 aromatic heterocycles. The maximum absolute atomic E-state index is 12.7. The highest BCUT2D eigenvalue weighted by Crippen LogP contribution is 2.23. The minimum absolute atomic E-state index is 0.295. The van der Waals surface area contributed by atoms with Gasteiger partial charge in [0.25, 0.3) is 0 Å². The highest BCUT2D eigenvalue weighted by atomic mass is 16.4. The van der Waals surface area contributed by atoms with E-state index in [1.807, 2.05) is 13.0 Å². The fraction of sp³-hybridized carbons (Fsp3) is 0.118. The number of benzene rings is 2. The number of aromatic carboxylic acids is 2. The molecule has 0 aliphatic rings. The smallest absolute Gasteiger partial charge is 0.336 e. The number of carbonyl (C=O) groups excluding carboxylic acids is 1. The van der Waals surface area contributed by atoms with Crippen LogP contribution in [0, 0.1) is 13.8 Å². The normalized spacial score (nSPS) is 10.3. The summed E-state index contributed by atoms with van der Waals surface area (Å²) in [5.41, 5.74) is 0.948. The van der Waals surface area contributed by atoms with E-state index in [1.54, 1.807) is 19.1 Å². The second-order valence-corrected chi connectivity index (χ2v) is 4.92. The van der Waals surface area contributed by atoms with Crippen LogP contribution < -0.4 is 0 Å². The summed E-state index contributed by atoms with van der Waals surface area (Å²) in [5.74, 6) is -3.27.